The Morgan fingerprint density at radius 2 is 1.87 bits per heavy atom. The van der Waals surface area contributed by atoms with E-state index in [2.05, 4.69) is 31.7 Å². The number of nitrogens with zero attached hydrogens (tertiary/aromatic N) is 1. The number of benzene rings is 1. The molecule has 0 bridgehead atoms. The predicted octanol–water partition coefficient (Wildman–Crippen LogP) is 3.00. The molecule has 2 unspecified atom stereocenters. The summed E-state index contributed by atoms with van der Waals surface area (Å²) in [6.07, 6.45) is 0.0101. The number of aryl methyl sites for hydroxylation is 1. The molecular formula is C19H34N2O2. The van der Waals surface area contributed by atoms with Crippen molar-refractivity contribution in [1.29, 1.82) is 0 Å². The summed E-state index contributed by atoms with van der Waals surface area (Å²) in [5, 5.41) is 10.8. The van der Waals surface area contributed by atoms with Crippen molar-refractivity contribution in [3.63, 3.8) is 0 Å². The van der Waals surface area contributed by atoms with Gasteiger partial charge in [0.05, 0.1) is 12.7 Å². The fourth-order valence-corrected chi connectivity index (χ4v) is 2.68. The Labute approximate surface area is 141 Å². The molecule has 4 heteroatoms. The van der Waals surface area contributed by atoms with Crippen molar-refractivity contribution in [2.24, 2.45) is 5.73 Å². The first-order valence-corrected chi connectivity index (χ1v) is 8.44. The van der Waals surface area contributed by atoms with Crippen LogP contribution in [-0.4, -0.2) is 43.3 Å². The maximum atomic E-state index is 10.8. The zero-order valence-corrected chi connectivity index (χ0v) is 15.8. The summed E-state index contributed by atoms with van der Waals surface area (Å²) in [4.78, 5) is 2.08. The Hall–Kier alpha value is -1.10. The summed E-state index contributed by atoms with van der Waals surface area (Å²) in [5.74, 6) is 0.790. The Kier molecular flexibility index (Phi) is 7.05. The second-order valence-electron chi connectivity index (χ2n) is 7.61. The highest BCUT2D eigenvalue weighted by Crippen LogP contribution is 2.39. The van der Waals surface area contributed by atoms with Crippen LogP contribution >= 0.6 is 0 Å². The van der Waals surface area contributed by atoms with Crippen LogP contribution in [0.25, 0.3) is 0 Å². The number of nitrogens with two attached hydrogens (primary N) is 1. The van der Waals surface area contributed by atoms with Gasteiger partial charge in [0.2, 0.25) is 0 Å². The quantitative estimate of drug-likeness (QED) is 0.810. The number of aliphatic hydroxyl groups is 1. The Balaban J connectivity index is 3.25. The van der Waals surface area contributed by atoms with Crippen molar-refractivity contribution < 1.29 is 9.84 Å². The third-order valence-electron chi connectivity index (χ3n) is 3.99. The first-order chi connectivity index (χ1) is 10.6. The predicted molar refractivity (Wildman–Crippen MR) is 97.2 cm³/mol. The van der Waals surface area contributed by atoms with Gasteiger partial charge in [-0.1, -0.05) is 32.4 Å². The number of hydrogen-bond donors (Lipinski definition) is 2. The molecule has 0 amide bonds. The zero-order valence-electron chi connectivity index (χ0n) is 15.8. The molecule has 23 heavy (non-hydrogen) atoms. The van der Waals surface area contributed by atoms with E-state index in [0.29, 0.717) is 6.61 Å². The van der Waals surface area contributed by atoms with E-state index in [9.17, 15) is 5.11 Å². The van der Waals surface area contributed by atoms with Gasteiger partial charge in [0, 0.05) is 17.2 Å². The molecule has 0 saturated carbocycles. The summed E-state index contributed by atoms with van der Waals surface area (Å²) in [7, 11) is 4.02. The molecule has 0 aliphatic carbocycles. The number of rotatable bonds is 7. The average Bonchev–Trinajstić information content (AvgIpc) is 2.44. The van der Waals surface area contributed by atoms with Crippen LogP contribution in [0.15, 0.2) is 12.1 Å². The van der Waals surface area contributed by atoms with Gasteiger partial charge >= 0.3 is 0 Å². The molecule has 3 N–H and O–H groups in total. The number of ether oxygens (including phenoxy) is 1. The fraction of sp³-hybridized carbons (Fsp3) is 0.684. The first-order valence-electron chi connectivity index (χ1n) is 8.44. The van der Waals surface area contributed by atoms with E-state index >= 15 is 0 Å². The van der Waals surface area contributed by atoms with E-state index in [1.807, 2.05) is 34.0 Å². The Morgan fingerprint density at radius 3 is 2.35 bits per heavy atom. The van der Waals surface area contributed by atoms with Crippen LogP contribution in [0.2, 0.25) is 0 Å². The van der Waals surface area contributed by atoms with Gasteiger partial charge in [-0.25, -0.2) is 0 Å². The highest BCUT2D eigenvalue weighted by molar-refractivity contribution is 5.49. The molecule has 0 heterocycles. The third-order valence-corrected chi connectivity index (χ3v) is 3.99. The molecule has 0 radical (unpaired) electrons. The molecule has 0 aromatic heterocycles. The molecule has 1 rings (SSSR count). The standard InChI is InChI=1S/C19H34N2O2/c1-8-23-18-14(17(22)16(20)9-10-21(6)7)11-13(2)12-15(18)19(3,4)5/h11-12,16-17,22H,8-10,20H2,1-7H3. The van der Waals surface area contributed by atoms with E-state index in [1.54, 1.807) is 0 Å². The lowest BCUT2D eigenvalue weighted by Crippen LogP contribution is -2.32. The summed E-state index contributed by atoms with van der Waals surface area (Å²) in [6, 6.07) is 3.83. The van der Waals surface area contributed by atoms with Crippen LogP contribution < -0.4 is 10.5 Å². The lowest BCUT2D eigenvalue weighted by atomic mass is 9.82. The SMILES string of the molecule is CCOc1c(C(O)C(N)CCN(C)C)cc(C)cc1C(C)(C)C. The van der Waals surface area contributed by atoms with Crippen LogP contribution in [0, 0.1) is 6.92 Å². The average molecular weight is 322 g/mol. The van der Waals surface area contributed by atoms with Crippen LogP contribution in [0.3, 0.4) is 0 Å². The second kappa shape index (κ2) is 8.13. The molecule has 2 atom stereocenters. The van der Waals surface area contributed by atoms with Gasteiger partial charge < -0.3 is 20.5 Å². The van der Waals surface area contributed by atoms with Gasteiger partial charge in [-0.15, -0.1) is 0 Å². The van der Waals surface area contributed by atoms with Gasteiger partial charge in [-0.2, -0.15) is 0 Å². The minimum absolute atomic E-state index is 0.0568. The summed E-state index contributed by atoms with van der Waals surface area (Å²) < 4.78 is 5.92. The minimum Gasteiger partial charge on any atom is -0.493 e. The highest BCUT2D eigenvalue weighted by atomic mass is 16.5. The summed E-state index contributed by atoms with van der Waals surface area (Å²) in [5.41, 5.74) is 9.23. The lowest BCUT2D eigenvalue weighted by Gasteiger charge is -2.29. The molecule has 0 saturated heterocycles. The van der Waals surface area contributed by atoms with Crippen LogP contribution in [0.4, 0.5) is 0 Å². The van der Waals surface area contributed by atoms with E-state index < -0.39 is 6.10 Å². The number of aliphatic hydroxyl groups excluding tert-OH is 1. The van der Waals surface area contributed by atoms with Crippen LogP contribution in [0.5, 0.6) is 5.75 Å². The van der Waals surface area contributed by atoms with Crippen molar-refractivity contribution in [2.75, 3.05) is 27.2 Å². The molecule has 1 aromatic carbocycles. The summed E-state index contributed by atoms with van der Waals surface area (Å²) in [6.45, 7) is 11.9. The topological polar surface area (TPSA) is 58.7 Å². The van der Waals surface area contributed by atoms with Crippen LogP contribution in [-0.2, 0) is 5.41 Å². The Bertz CT molecular complexity index is 507. The van der Waals surface area contributed by atoms with E-state index in [1.165, 1.54) is 0 Å². The Morgan fingerprint density at radius 1 is 1.26 bits per heavy atom. The van der Waals surface area contributed by atoms with Gasteiger partial charge in [-0.05, 0) is 52.4 Å². The smallest absolute Gasteiger partial charge is 0.128 e. The molecule has 0 spiro atoms. The fourth-order valence-electron chi connectivity index (χ4n) is 2.68. The van der Waals surface area contributed by atoms with Gasteiger partial charge in [0.25, 0.3) is 0 Å². The van der Waals surface area contributed by atoms with E-state index in [-0.39, 0.29) is 11.5 Å². The second-order valence-corrected chi connectivity index (χ2v) is 7.61. The van der Waals surface area contributed by atoms with Crippen LogP contribution in [0.1, 0.15) is 56.9 Å². The molecule has 132 valence electrons. The molecular weight excluding hydrogens is 288 g/mol. The normalized spacial score (nSPS) is 14.9. The molecule has 0 aliphatic heterocycles. The molecule has 4 nitrogen and oxygen atoms in total. The van der Waals surface area contributed by atoms with Crippen molar-refractivity contribution in [3.05, 3.63) is 28.8 Å². The van der Waals surface area contributed by atoms with E-state index in [4.69, 9.17) is 10.5 Å². The lowest BCUT2D eigenvalue weighted by molar-refractivity contribution is 0.132. The van der Waals surface area contributed by atoms with Crippen molar-refractivity contribution in [3.8, 4) is 5.75 Å². The van der Waals surface area contributed by atoms with Crippen molar-refractivity contribution >= 4 is 0 Å². The van der Waals surface area contributed by atoms with Crippen molar-refractivity contribution in [2.45, 2.75) is 58.6 Å². The van der Waals surface area contributed by atoms with Gasteiger partial charge in [0.15, 0.2) is 0 Å². The van der Waals surface area contributed by atoms with Gasteiger partial charge in [0.1, 0.15) is 5.75 Å². The molecule has 0 aliphatic rings. The number of hydrogen-bond acceptors (Lipinski definition) is 4. The minimum atomic E-state index is -0.725. The molecule has 0 fully saturated rings. The maximum absolute atomic E-state index is 10.8. The zero-order chi connectivity index (χ0) is 17.8. The summed E-state index contributed by atoms with van der Waals surface area (Å²) >= 11 is 0. The largest absolute Gasteiger partial charge is 0.493 e. The van der Waals surface area contributed by atoms with E-state index in [0.717, 1.165) is 35.4 Å². The van der Waals surface area contributed by atoms with Crippen molar-refractivity contribution in [1.82, 2.24) is 4.90 Å². The third kappa shape index (κ3) is 5.48. The monoisotopic (exact) mass is 322 g/mol. The highest BCUT2D eigenvalue weighted by Gasteiger charge is 2.27. The molecule has 1 aromatic rings. The first kappa shape index (κ1) is 19.9. The maximum Gasteiger partial charge on any atom is 0.128 e. The van der Waals surface area contributed by atoms with Gasteiger partial charge in [-0.3, -0.25) is 0 Å².